The average Bonchev–Trinajstić information content (AvgIpc) is 2.94. The van der Waals surface area contributed by atoms with E-state index in [1.165, 1.54) is 75.3 Å². The van der Waals surface area contributed by atoms with Gasteiger partial charge in [-0.25, -0.2) is 0 Å². The molecule has 0 heterocycles. The van der Waals surface area contributed by atoms with Crippen LogP contribution in [0.4, 0.5) is 0 Å². The molecule has 0 spiro atoms. The van der Waals surface area contributed by atoms with Crippen molar-refractivity contribution in [3.05, 3.63) is 58.7 Å². The van der Waals surface area contributed by atoms with Crippen LogP contribution in [0.1, 0.15) is 73.6 Å². The van der Waals surface area contributed by atoms with E-state index in [4.69, 9.17) is 0 Å². The highest BCUT2D eigenvalue weighted by molar-refractivity contribution is 5.80. The predicted molar refractivity (Wildman–Crippen MR) is 99.0 cm³/mol. The molecule has 0 heteroatoms. The Bertz CT molecular complexity index is 680. The molecular weight excluding hydrogens is 276 g/mol. The molecule has 120 valence electrons. The van der Waals surface area contributed by atoms with Gasteiger partial charge in [-0.2, -0.15) is 0 Å². The zero-order valence-corrected chi connectivity index (χ0v) is 14.2. The standard InChI is InChI=1S/C23H28/c1-2-4-6-8-13-21-18(11-7-5-3-1)15-16-20-17-19-12-9-10-14-22(19)23(20)21/h9-10,12,14-16H,1-8,11,13,17H2. The van der Waals surface area contributed by atoms with Crippen LogP contribution >= 0.6 is 0 Å². The van der Waals surface area contributed by atoms with Gasteiger partial charge in [0, 0.05) is 0 Å². The first-order chi connectivity index (χ1) is 11.4. The monoisotopic (exact) mass is 304 g/mol. The van der Waals surface area contributed by atoms with E-state index in [0.29, 0.717) is 0 Å². The summed E-state index contributed by atoms with van der Waals surface area (Å²) in [5.41, 5.74) is 9.55. The predicted octanol–water partition coefficient (Wildman–Crippen LogP) is 6.48. The summed E-state index contributed by atoms with van der Waals surface area (Å²) < 4.78 is 0. The summed E-state index contributed by atoms with van der Waals surface area (Å²) in [4.78, 5) is 0. The van der Waals surface area contributed by atoms with Crippen molar-refractivity contribution in [2.45, 2.75) is 70.6 Å². The largest absolute Gasteiger partial charge is 0.0619 e. The van der Waals surface area contributed by atoms with Crippen molar-refractivity contribution < 1.29 is 0 Å². The Kier molecular flexibility index (Phi) is 4.50. The SMILES string of the molecule is c1ccc2c(c1)Cc1ccc3c(c1-2)CCCCCCCCCC3. The van der Waals surface area contributed by atoms with Gasteiger partial charge in [0.2, 0.25) is 0 Å². The lowest BCUT2D eigenvalue weighted by atomic mass is 9.88. The second kappa shape index (κ2) is 6.91. The maximum absolute atomic E-state index is 2.45. The van der Waals surface area contributed by atoms with Crippen molar-refractivity contribution in [2.24, 2.45) is 0 Å². The van der Waals surface area contributed by atoms with Crippen molar-refractivity contribution in [1.29, 1.82) is 0 Å². The Morgan fingerprint density at radius 3 is 2.00 bits per heavy atom. The van der Waals surface area contributed by atoms with Gasteiger partial charge in [0.1, 0.15) is 0 Å². The molecule has 2 aliphatic carbocycles. The van der Waals surface area contributed by atoms with Gasteiger partial charge in [-0.05, 0) is 65.5 Å². The van der Waals surface area contributed by atoms with E-state index in [1.807, 2.05) is 0 Å². The molecule has 0 aliphatic heterocycles. The number of fused-ring (bicyclic) bond motifs is 5. The van der Waals surface area contributed by atoms with E-state index in [-0.39, 0.29) is 0 Å². The third-order valence-corrected chi connectivity index (χ3v) is 5.79. The summed E-state index contributed by atoms with van der Waals surface area (Å²) in [5, 5.41) is 0. The number of aryl methyl sites for hydroxylation is 1. The molecule has 0 unspecified atom stereocenters. The lowest BCUT2D eigenvalue weighted by Crippen LogP contribution is -2.00. The lowest BCUT2D eigenvalue weighted by Gasteiger charge is -2.17. The Morgan fingerprint density at radius 2 is 1.17 bits per heavy atom. The van der Waals surface area contributed by atoms with Crippen molar-refractivity contribution >= 4 is 0 Å². The van der Waals surface area contributed by atoms with Gasteiger partial charge < -0.3 is 0 Å². The van der Waals surface area contributed by atoms with Crippen LogP contribution in [0.25, 0.3) is 11.1 Å². The Morgan fingerprint density at radius 1 is 0.522 bits per heavy atom. The second-order valence-corrected chi connectivity index (χ2v) is 7.40. The van der Waals surface area contributed by atoms with Crippen molar-refractivity contribution in [1.82, 2.24) is 0 Å². The molecule has 4 rings (SSSR count). The summed E-state index contributed by atoms with van der Waals surface area (Å²) >= 11 is 0. The first kappa shape index (κ1) is 15.0. The van der Waals surface area contributed by atoms with Crippen LogP contribution < -0.4 is 0 Å². The Balaban J connectivity index is 1.72. The Hall–Kier alpha value is -1.56. The lowest BCUT2D eigenvalue weighted by molar-refractivity contribution is 0.560. The Labute approximate surface area is 140 Å². The molecular formula is C23H28. The van der Waals surface area contributed by atoms with Gasteiger partial charge >= 0.3 is 0 Å². The normalized spacial score (nSPS) is 18.3. The van der Waals surface area contributed by atoms with Crippen molar-refractivity contribution in [2.75, 3.05) is 0 Å². The highest BCUT2D eigenvalue weighted by Gasteiger charge is 2.22. The van der Waals surface area contributed by atoms with Crippen molar-refractivity contribution in [3.63, 3.8) is 0 Å². The zero-order chi connectivity index (χ0) is 15.5. The molecule has 2 aromatic rings. The van der Waals surface area contributed by atoms with Crippen LogP contribution in [0.15, 0.2) is 36.4 Å². The number of benzene rings is 2. The number of hydrogen-bond acceptors (Lipinski definition) is 0. The number of rotatable bonds is 0. The molecule has 0 fully saturated rings. The zero-order valence-electron chi connectivity index (χ0n) is 14.2. The maximum atomic E-state index is 2.45. The van der Waals surface area contributed by atoms with Crippen molar-refractivity contribution in [3.8, 4) is 11.1 Å². The third kappa shape index (κ3) is 3.09. The summed E-state index contributed by atoms with van der Waals surface area (Å²) in [6.07, 6.45) is 15.0. The fourth-order valence-corrected chi connectivity index (χ4v) is 4.54. The van der Waals surface area contributed by atoms with E-state index in [9.17, 15) is 0 Å². The quantitative estimate of drug-likeness (QED) is 0.446. The molecule has 2 aromatic carbocycles. The van der Waals surface area contributed by atoms with Gasteiger partial charge in [0.25, 0.3) is 0 Å². The van der Waals surface area contributed by atoms with E-state index >= 15 is 0 Å². The minimum absolute atomic E-state index is 1.14. The van der Waals surface area contributed by atoms with Crippen LogP contribution in [0.3, 0.4) is 0 Å². The molecule has 0 saturated carbocycles. The van der Waals surface area contributed by atoms with Gasteiger partial charge in [-0.1, -0.05) is 74.9 Å². The fourth-order valence-electron chi connectivity index (χ4n) is 4.54. The van der Waals surface area contributed by atoms with E-state index in [1.54, 1.807) is 22.3 Å². The minimum Gasteiger partial charge on any atom is -0.0619 e. The van der Waals surface area contributed by atoms with E-state index in [2.05, 4.69) is 36.4 Å². The van der Waals surface area contributed by atoms with Gasteiger partial charge in [0.15, 0.2) is 0 Å². The van der Waals surface area contributed by atoms with Crippen LogP contribution in [0, 0.1) is 0 Å². The summed E-state index contributed by atoms with van der Waals surface area (Å²) in [6.45, 7) is 0. The molecule has 0 bridgehead atoms. The molecule has 0 N–H and O–H groups in total. The number of hydrogen-bond donors (Lipinski definition) is 0. The summed E-state index contributed by atoms with van der Waals surface area (Å²) in [6, 6.07) is 13.9. The van der Waals surface area contributed by atoms with Gasteiger partial charge in [-0.3, -0.25) is 0 Å². The highest BCUT2D eigenvalue weighted by Crippen LogP contribution is 2.41. The molecule has 0 atom stereocenters. The first-order valence-electron chi connectivity index (χ1n) is 9.65. The molecule has 0 radical (unpaired) electrons. The minimum atomic E-state index is 1.14. The highest BCUT2D eigenvalue weighted by atomic mass is 14.3. The van der Waals surface area contributed by atoms with Gasteiger partial charge in [0.05, 0.1) is 0 Å². The summed E-state index contributed by atoms with van der Waals surface area (Å²) in [5.74, 6) is 0. The second-order valence-electron chi connectivity index (χ2n) is 7.40. The molecule has 0 nitrogen and oxygen atoms in total. The first-order valence-corrected chi connectivity index (χ1v) is 9.65. The average molecular weight is 304 g/mol. The van der Waals surface area contributed by atoms with Crippen LogP contribution in [0.2, 0.25) is 0 Å². The van der Waals surface area contributed by atoms with E-state index < -0.39 is 0 Å². The fraction of sp³-hybridized carbons (Fsp3) is 0.478. The van der Waals surface area contributed by atoms with Crippen LogP contribution in [0.5, 0.6) is 0 Å². The molecule has 0 saturated heterocycles. The summed E-state index contributed by atoms with van der Waals surface area (Å²) in [7, 11) is 0. The van der Waals surface area contributed by atoms with Crippen LogP contribution in [-0.2, 0) is 19.3 Å². The maximum Gasteiger partial charge on any atom is -0.00133 e. The molecule has 0 aromatic heterocycles. The molecule has 0 amide bonds. The van der Waals surface area contributed by atoms with Crippen LogP contribution in [-0.4, -0.2) is 0 Å². The third-order valence-electron chi connectivity index (χ3n) is 5.79. The molecule has 2 aliphatic rings. The van der Waals surface area contributed by atoms with E-state index in [0.717, 1.165) is 6.42 Å². The smallest absolute Gasteiger partial charge is 0.00133 e. The topological polar surface area (TPSA) is 0 Å². The van der Waals surface area contributed by atoms with Gasteiger partial charge in [-0.15, -0.1) is 0 Å². The molecule has 23 heavy (non-hydrogen) atoms.